The van der Waals surface area contributed by atoms with Gasteiger partial charge < -0.3 is 4.57 Å². The van der Waals surface area contributed by atoms with Crippen LogP contribution >= 0.6 is 0 Å². The van der Waals surface area contributed by atoms with Crippen molar-refractivity contribution in [1.82, 2.24) is 9.55 Å². The normalized spacial score (nSPS) is 10.3. The Kier molecular flexibility index (Phi) is 2.31. The molecule has 1 aromatic rings. The third-order valence-electron chi connectivity index (χ3n) is 1.98. The number of carbonyl (C=O) groups excluding carboxylic acids is 1. The molecule has 12 heavy (non-hydrogen) atoms. The third kappa shape index (κ3) is 1.26. The molecule has 0 N–H and O–H groups in total. The molecular weight excluding hydrogens is 152 g/mol. The van der Waals surface area contributed by atoms with E-state index < -0.39 is 0 Å². The molecule has 0 aliphatic carbocycles. The van der Waals surface area contributed by atoms with Crippen LogP contribution in [0.25, 0.3) is 0 Å². The van der Waals surface area contributed by atoms with E-state index in [0.717, 1.165) is 23.8 Å². The first-order valence-corrected chi connectivity index (χ1v) is 4.12. The highest BCUT2D eigenvalue weighted by atomic mass is 16.1. The highest BCUT2D eigenvalue weighted by Crippen LogP contribution is 2.10. The molecule has 0 unspecified atom stereocenters. The molecule has 0 aliphatic rings. The van der Waals surface area contributed by atoms with Crippen LogP contribution in [0.1, 0.15) is 35.9 Å². The highest BCUT2D eigenvalue weighted by Gasteiger charge is 2.13. The van der Waals surface area contributed by atoms with Crippen LogP contribution < -0.4 is 0 Å². The van der Waals surface area contributed by atoms with Crippen LogP contribution in [0, 0.1) is 13.8 Å². The first-order chi connectivity index (χ1) is 5.57. The summed E-state index contributed by atoms with van der Waals surface area (Å²) >= 11 is 0. The predicted octanol–water partition coefficient (Wildman–Crippen LogP) is 1.72. The van der Waals surface area contributed by atoms with E-state index in [1.165, 1.54) is 0 Å². The van der Waals surface area contributed by atoms with E-state index in [2.05, 4.69) is 4.98 Å². The van der Waals surface area contributed by atoms with Crippen molar-refractivity contribution in [2.45, 2.75) is 34.2 Å². The number of Topliss-reactive ketones (excluding diaryl/α,β-unsaturated/α-hetero) is 1. The summed E-state index contributed by atoms with van der Waals surface area (Å²) in [6.45, 7) is 8.19. The Balaban J connectivity index is 3.32. The third-order valence-corrected chi connectivity index (χ3v) is 1.98. The average molecular weight is 166 g/mol. The number of hydrogen-bond acceptors (Lipinski definition) is 2. The van der Waals surface area contributed by atoms with Gasteiger partial charge in [-0.2, -0.15) is 0 Å². The lowest BCUT2D eigenvalue weighted by atomic mass is 10.2. The zero-order valence-corrected chi connectivity index (χ0v) is 8.01. The Labute approximate surface area is 72.4 Å². The van der Waals surface area contributed by atoms with E-state index in [0.29, 0.717) is 0 Å². The molecule has 0 aliphatic heterocycles. The number of ketones is 1. The molecule has 3 nitrogen and oxygen atoms in total. The largest absolute Gasteiger partial charge is 0.326 e. The maximum absolute atomic E-state index is 11.2. The Bertz CT molecular complexity index is 313. The fourth-order valence-electron chi connectivity index (χ4n) is 1.54. The van der Waals surface area contributed by atoms with E-state index in [4.69, 9.17) is 0 Å². The van der Waals surface area contributed by atoms with Gasteiger partial charge in [0.05, 0.1) is 5.69 Å². The molecule has 0 saturated heterocycles. The van der Waals surface area contributed by atoms with Gasteiger partial charge in [-0.3, -0.25) is 4.79 Å². The maximum atomic E-state index is 11.2. The van der Waals surface area contributed by atoms with Gasteiger partial charge in [0.1, 0.15) is 11.5 Å². The van der Waals surface area contributed by atoms with Gasteiger partial charge in [0.25, 0.3) is 0 Å². The number of aryl methyl sites for hydroxylation is 2. The van der Waals surface area contributed by atoms with Crippen molar-refractivity contribution in [2.24, 2.45) is 0 Å². The smallest absolute Gasteiger partial charge is 0.178 e. The number of nitrogens with zero attached hydrogens (tertiary/aromatic N) is 2. The molecular formula is C9H14N2O. The van der Waals surface area contributed by atoms with Crippen LogP contribution in [0.5, 0.6) is 0 Å². The molecule has 0 saturated carbocycles. The summed E-state index contributed by atoms with van der Waals surface area (Å²) in [7, 11) is 0. The SMILES string of the molecule is CCn1c(C)nc(C)c1C(C)=O. The molecule has 0 fully saturated rings. The summed E-state index contributed by atoms with van der Waals surface area (Å²) in [4.78, 5) is 15.4. The molecule has 1 rings (SSSR count). The van der Waals surface area contributed by atoms with Crippen molar-refractivity contribution in [3.8, 4) is 0 Å². The van der Waals surface area contributed by atoms with E-state index in [1.807, 2.05) is 25.3 Å². The zero-order chi connectivity index (χ0) is 9.30. The van der Waals surface area contributed by atoms with Gasteiger partial charge in [-0.1, -0.05) is 0 Å². The van der Waals surface area contributed by atoms with Crippen molar-refractivity contribution >= 4 is 5.78 Å². The minimum atomic E-state index is 0.0925. The molecule has 0 bridgehead atoms. The Morgan fingerprint density at radius 2 is 2.08 bits per heavy atom. The lowest BCUT2D eigenvalue weighted by Crippen LogP contribution is -2.07. The van der Waals surface area contributed by atoms with Crippen LogP contribution in [0.4, 0.5) is 0 Å². The molecule has 0 atom stereocenters. The van der Waals surface area contributed by atoms with Crippen LogP contribution in [0.15, 0.2) is 0 Å². The molecule has 0 radical (unpaired) electrons. The van der Waals surface area contributed by atoms with Crippen molar-refractivity contribution in [2.75, 3.05) is 0 Å². The van der Waals surface area contributed by atoms with E-state index in [1.54, 1.807) is 6.92 Å². The number of carbonyl (C=O) groups is 1. The quantitative estimate of drug-likeness (QED) is 0.627. The molecule has 0 spiro atoms. The summed E-state index contributed by atoms with van der Waals surface area (Å²) in [5.41, 5.74) is 1.58. The minimum Gasteiger partial charge on any atom is -0.326 e. The Morgan fingerprint density at radius 1 is 1.50 bits per heavy atom. The average Bonchev–Trinajstić information content (AvgIpc) is 2.24. The van der Waals surface area contributed by atoms with E-state index in [9.17, 15) is 4.79 Å². The summed E-state index contributed by atoms with van der Waals surface area (Å²) in [5.74, 6) is 1.01. The first-order valence-electron chi connectivity index (χ1n) is 4.12. The molecule has 1 heterocycles. The molecule has 0 aromatic carbocycles. The van der Waals surface area contributed by atoms with E-state index >= 15 is 0 Å². The van der Waals surface area contributed by atoms with Gasteiger partial charge in [0.2, 0.25) is 0 Å². The highest BCUT2D eigenvalue weighted by molar-refractivity contribution is 5.93. The first kappa shape index (κ1) is 8.97. The second kappa shape index (κ2) is 3.09. The topological polar surface area (TPSA) is 34.9 Å². The standard InChI is InChI=1S/C9H14N2O/c1-5-11-8(4)10-6(2)9(11)7(3)12/h5H2,1-4H3. The van der Waals surface area contributed by atoms with Gasteiger partial charge >= 0.3 is 0 Å². The Hall–Kier alpha value is -1.12. The van der Waals surface area contributed by atoms with Crippen LogP contribution in [-0.2, 0) is 6.54 Å². The monoisotopic (exact) mass is 166 g/mol. The number of aromatic nitrogens is 2. The summed E-state index contributed by atoms with van der Waals surface area (Å²) in [5, 5.41) is 0. The van der Waals surface area contributed by atoms with Gasteiger partial charge in [0.15, 0.2) is 5.78 Å². The van der Waals surface area contributed by atoms with Crippen LogP contribution in [0.2, 0.25) is 0 Å². The van der Waals surface area contributed by atoms with Crippen molar-refractivity contribution in [3.63, 3.8) is 0 Å². The summed E-state index contributed by atoms with van der Waals surface area (Å²) < 4.78 is 1.94. The van der Waals surface area contributed by atoms with Crippen LogP contribution in [-0.4, -0.2) is 15.3 Å². The zero-order valence-electron chi connectivity index (χ0n) is 8.01. The van der Waals surface area contributed by atoms with Crippen molar-refractivity contribution in [3.05, 3.63) is 17.2 Å². The van der Waals surface area contributed by atoms with E-state index in [-0.39, 0.29) is 5.78 Å². The number of hydrogen-bond donors (Lipinski definition) is 0. The fraction of sp³-hybridized carbons (Fsp3) is 0.556. The lowest BCUT2D eigenvalue weighted by Gasteiger charge is -2.03. The maximum Gasteiger partial charge on any atom is 0.178 e. The molecule has 66 valence electrons. The number of imidazole rings is 1. The van der Waals surface area contributed by atoms with Gasteiger partial charge in [-0.15, -0.1) is 0 Å². The fourth-order valence-corrected chi connectivity index (χ4v) is 1.54. The minimum absolute atomic E-state index is 0.0925. The van der Waals surface area contributed by atoms with Gasteiger partial charge in [-0.05, 0) is 20.8 Å². The van der Waals surface area contributed by atoms with Gasteiger partial charge in [-0.25, -0.2) is 4.98 Å². The lowest BCUT2D eigenvalue weighted by molar-refractivity contribution is 0.100. The van der Waals surface area contributed by atoms with Crippen molar-refractivity contribution in [1.29, 1.82) is 0 Å². The Morgan fingerprint density at radius 3 is 2.42 bits per heavy atom. The summed E-state index contributed by atoms with van der Waals surface area (Å²) in [6, 6.07) is 0. The predicted molar refractivity (Wildman–Crippen MR) is 47.4 cm³/mol. The van der Waals surface area contributed by atoms with Crippen LogP contribution in [0.3, 0.4) is 0 Å². The van der Waals surface area contributed by atoms with Gasteiger partial charge in [0, 0.05) is 13.5 Å². The van der Waals surface area contributed by atoms with Crippen molar-refractivity contribution < 1.29 is 4.79 Å². The summed E-state index contributed by atoms with van der Waals surface area (Å²) in [6.07, 6.45) is 0. The second-order valence-electron chi connectivity index (χ2n) is 2.89. The molecule has 3 heteroatoms. The second-order valence-corrected chi connectivity index (χ2v) is 2.89. The number of rotatable bonds is 2. The molecule has 1 aromatic heterocycles. The molecule has 0 amide bonds.